The molecule has 2 N–H and O–H groups in total. The highest BCUT2D eigenvalue weighted by molar-refractivity contribution is 7.80. The molecule has 25 heavy (non-hydrogen) atoms. The second-order valence-corrected chi connectivity index (χ2v) is 5.96. The summed E-state index contributed by atoms with van der Waals surface area (Å²) in [6, 6.07) is 4.94. The van der Waals surface area contributed by atoms with Gasteiger partial charge in [-0.2, -0.15) is 0 Å². The van der Waals surface area contributed by atoms with E-state index in [1.165, 1.54) is 12.0 Å². The normalized spacial score (nSPS) is 21.2. The third-order valence-electron chi connectivity index (χ3n) is 4.24. The largest absolute Gasteiger partial charge is 0.487 e. The van der Waals surface area contributed by atoms with Crippen molar-refractivity contribution in [2.75, 3.05) is 18.6 Å². The van der Waals surface area contributed by atoms with Crippen molar-refractivity contribution in [1.29, 1.82) is 0 Å². The van der Waals surface area contributed by atoms with Gasteiger partial charge in [-0.15, -0.1) is 10.2 Å². The zero-order valence-electron chi connectivity index (χ0n) is 13.3. The first-order chi connectivity index (χ1) is 12.1. The van der Waals surface area contributed by atoms with E-state index < -0.39 is 18.2 Å². The number of fused-ring (bicyclic) bond motifs is 3. The van der Waals surface area contributed by atoms with E-state index >= 15 is 0 Å². The number of hydrogen-bond acceptors (Lipinski definition) is 8. The van der Waals surface area contributed by atoms with Crippen molar-refractivity contribution in [3.05, 3.63) is 30.4 Å². The Bertz CT molecular complexity index is 854. The molecule has 10 heteroatoms. The number of hydrogen-bond donors (Lipinski definition) is 1. The van der Waals surface area contributed by atoms with E-state index in [2.05, 4.69) is 10.2 Å². The van der Waals surface area contributed by atoms with Crippen LogP contribution >= 0.6 is 12.2 Å². The highest BCUT2D eigenvalue weighted by atomic mass is 32.1. The van der Waals surface area contributed by atoms with Gasteiger partial charge in [0.15, 0.2) is 11.9 Å². The number of carbonyl (C=O) groups excluding carboxylic acids is 1. The number of aromatic nitrogens is 3. The van der Waals surface area contributed by atoms with Crippen molar-refractivity contribution >= 4 is 29.0 Å². The minimum absolute atomic E-state index is 0.174. The molecular weight excluding hydrogens is 346 g/mol. The zero-order valence-corrected chi connectivity index (χ0v) is 14.1. The number of ether oxygens (including phenoxy) is 3. The molecule has 4 rings (SSSR count). The molecule has 1 aromatic heterocycles. The van der Waals surface area contributed by atoms with Gasteiger partial charge in [0.25, 0.3) is 0 Å². The fraction of sp³-hybridized carbons (Fsp3) is 0.333. The van der Waals surface area contributed by atoms with Gasteiger partial charge in [-0.3, -0.25) is 9.47 Å². The molecule has 1 saturated heterocycles. The third-order valence-corrected chi connectivity index (χ3v) is 4.64. The van der Waals surface area contributed by atoms with Crippen LogP contribution in [0, 0.1) is 0 Å². The molecule has 2 atom stereocenters. The number of amides is 1. The van der Waals surface area contributed by atoms with Crippen LogP contribution in [0.1, 0.15) is 5.82 Å². The van der Waals surface area contributed by atoms with Crippen LogP contribution in [0.15, 0.2) is 24.5 Å². The minimum atomic E-state index is -0.695. The summed E-state index contributed by atoms with van der Waals surface area (Å²) in [6.07, 6.45) is 0.399. The molecule has 0 aliphatic carbocycles. The Morgan fingerprint density at radius 1 is 1.52 bits per heavy atom. The van der Waals surface area contributed by atoms with Crippen molar-refractivity contribution in [3.63, 3.8) is 0 Å². The van der Waals surface area contributed by atoms with Gasteiger partial charge in [0.1, 0.15) is 18.7 Å². The Morgan fingerprint density at radius 2 is 2.36 bits per heavy atom. The number of benzene rings is 1. The monoisotopic (exact) mass is 361 g/mol. The van der Waals surface area contributed by atoms with Gasteiger partial charge in [0.05, 0.1) is 24.5 Å². The molecule has 1 amide bonds. The van der Waals surface area contributed by atoms with Gasteiger partial charge in [0.2, 0.25) is 5.05 Å². The summed E-state index contributed by atoms with van der Waals surface area (Å²) in [6.45, 7) is 0.477. The summed E-state index contributed by atoms with van der Waals surface area (Å²) < 4.78 is 18.0. The zero-order chi connectivity index (χ0) is 17.6. The molecular formula is C15H15N5O4S. The fourth-order valence-electron chi connectivity index (χ4n) is 3.03. The maximum absolute atomic E-state index is 12.4. The molecule has 1 aromatic carbocycles. The summed E-state index contributed by atoms with van der Waals surface area (Å²) >= 11 is 5.12. The standard InChI is InChI=1S/C15H15N5O4S/c1-22-14(25)13-10(5-16)20(15(21)24-13)8-2-3-9-11(4-8)23-6-12-18-17-7-19(9)12/h2-4,7,10,13H,5-6,16H2,1H3/t10?,13-/m0/s1. The van der Waals surface area contributed by atoms with Gasteiger partial charge in [-0.25, -0.2) is 4.79 Å². The second-order valence-electron chi connectivity index (χ2n) is 5.56. The molecule has 130 valence electrons. The fourth-order valence-corrected chi connectivity index (χ4v) is 3.24. The van der Waals surface area contributed by atoms with Crippen LogP contribution in [0.25, 0.3) is 5.69 Å². The Labute approximate surface area is 148 Å². The highest BCUT2D eigenvalue weighted by Crippen LogP contribution is 2.35. The predicted octanol–water partition coefficient (Wildman–Crippen LogP) is 0.786. The van der Waals surface area contributed by atoms with E-state index in [1.807, 2.05) is 10.6 Å². The van der Waals surface area contributed by atoms with Gasteiger partial charge in [-0.05, 0) is 24.4 Å². The highest BCUT2D eigenvalue weighted by Gasteiger charge is 2.45. The first kappa shape index (κ1) is 15.8. The number of nitrogens with zero attached hydrogens (tertiary/aromatic N) is 4. The molecule has 3 heterocycles. The summed E-state index contributed by atoms with van der Waals surface area (Å²) in [7, 11) is 1.44. The van der Waals surface area contributed by atoms with Crippen LogP contribution in [0.2, 0.25) is 0 Å². The molecule has 0 spiro atoms. The van der Waals surface area contributed by atoms with E-state index in [-0.39, 0.29) is 11.6 Å². The maximum atomic E-state index is 12.4. The lowest BCUT2D eigenvalue weighted by Crippen LogP contribution is -2.45. The lowest BCUT2D eigenvalue weighted by atomic mass is 10.1. The molecule has 9 nitrogen and oxygen atoms in total. The van der Waals surface area contributed by atoms with E-state index in [9.17, 15) is 4.79 Å². The maximum Gasteiger partial charge on any atom is 0.415 e. The van der Waals surface area contributed by atoms with Gasteiger partial charge < -0.3 is 19.9 Å². The Morgan fingerprint density at radius 3 is 3.12 bits per heavy atom. The summed E-state index contributed by atoms with van der Waals surface area (Å²) in [5.41, 5.74) is 7.26. The molecule has 1 fully saturated rings. The van der Waals surface area contributed by atoms with Crippen LogP contribution in [-0.2, 0) is 16.1 Å². The Kier molecular flexibility index (Phi) is 3.77. The molecule has 1 unspecified atom stereocenters. The molecule has 2 aromatic rings. The third kappa shape index (κ3) is 2.41. The molecule has 0 radical (unpaired) electrons. The average Bonchev–Trinajstić information content (AvgIpc) is 3.24. The number of thiocarbonyl (C=S) groups is 1. The molecule has 0 bridgehead atoms. The number of anilines is 1. The predicted molar refractivity (Wildman–Crippen MR) is 90.9 cm³/mol. The van der Waals surface area contributed by atoms with E-state index in [1.54, 1.807) is 18.5 Å². The molecule has 2 aliphatic rings. The van der Waals surface area contributed by atoms with Crippen LogP contribution < -0.4 is 15.4 Å². The van der Waals surface area contributed by atoms with E-state index in [0.29, 0.717) is 23.9 Å². The summed E-state index contributed by atoms with van der Waals surface area (Å²) in [4.78, 5) is 13.8. The van der Waals surface area contributed by atoms with E-state index in [4.69, 9.17) is 32.2 Å². The van der Waals surface area contributed by atoms with Crippen molar-refractivity contribution in [2.45, 2.75) is 18.8 Å². The van der Waals surface area contributed by atoms with Crippen molar-refractivity contribution in [2.24, 2.45) is 5.73 Å². The van der Waals surface area contributed by atoms with Crippen LogP contribution in [-0.4, -0.2) is 51.7 Å². The lowest BCUT2D eigenvalue weighted by Gasteiger charge is -2.25. The quantitative estimate of drug-likeness (QED) is 0.800. The number of cyclic esters (lactones) is 1. The smallest absolute Gasteiger partial charge is 0.415 e. The van der Waals surface area contributed by atoms with Crippen LogP contribution in [0.4, 0.5) is 10.5 Å². The summed E-state index contributed by atoms with van der Waals surface area (Å²) in [5.74, 6) is 1.33. The van der Waals surface area contributed by atoms with Gasteiger partial charge in [-0.1, -0.05) is 0 Å². The Balaban J connectivity index is 1.71. The first-order valence-electron chi connectivity index (χ1n) is 7.58. The first-order valence-corrected chi connectivity index (χ1v) is 7.98. The second kappa shape index (κ2) is 5.97. The van der Waals surface area contributed by atoms with Crippen molar-refractivity contribution in [1.82, 2.24) is 14.8 Å². The molecule has 0 saturated carbocycles. The van der Waals surface area contributed by atoms with Crippen molar-refractivity contribution < 1.29 is 19.0 Å². The van der Waals surface area contributed by atoms with Crippen LogP contribution in [0.3, 0.4) is 0 Å². The topological polar surface area (TPSA) is 105 Å². The number of nitrogens with two attached hydrogens (primary N) is 1. The molecule has 2 aliphatic heterocycles. The SMILES string of the molecule is COC(=S)[C@H]1OC(=O)N(c2ccc3c(c2)OCc2nncn2-3)C1CN. The number of methoxy groups -OCH3 is 1. The number of rotatable bonds is 3. The van der Waals surface area contributed by atoms with Crippen LogP contribution in [0.5, 0.6) is 5.75 Å². The lowest BCUT2D eigenvalue weighted by molar-refractivity contribution is 0.152. The van der Waals surface area contributed by atoms with Gasteiger partial charge in [0, 0.05) is 12.6 Å². The minimum Gasteiger partial charge on any atom is -0.487 e. The van der Waals surface area contributed by atoms with Crippen molar-refractivity contribution in [3.8, 4) is 11.4 Å². The van der Waals surface area contributed by atoms with E-state index in [0.717, 1.165) is 5.69 Å². The summed E-state index contributed by atoms with van der Waals surface area (Å²) in [5, 5.41) is 8.06. The average molecular weight is 361 g/mol. The Hall–Kier alpha value is -2.72. The number of carbonyl (C=O) groups is 1. The van der Waals surface area contributed by atoms with Gasteiger partial charge >= 0.3 is 6.09 Å².